The molecule has 2 aliphatic heterocycles. The van der Waals surface area contributed by atoms with E-state index in [1.54, 1.807) is 43.3 Å². The highest BCUT2D eigenvalue weighted by molar-refractivity contribution is 6.74. The van der Waals surface area contributed by atoms with Crippen LogP contribution in [0.3, 0.4) is 0 Å². The lowest BCUT2D eigenvalue weighted by molar-refractivity contribution is -0.385. The topological polar surface area (TPSA) is 102 Å². The number of para-hydroxylation sites is 1. The standard InChI is InChI=1S/C29H37N3O6Si/c1-8-37-27(34)31-17-16-29(22(18-31)21-13-9-10-14-23(21)32(35)36)25-20(19-38-39(6,7)28(2,3)4)12-11-15-24(25)30(5)26(29)33/h9-15,18H,8,16-17,19H2,1-7H3. The van der Waals surface area contributed by atoms with E-state index < -0.39 is 24.7 Å². The zero-order chi connectivity index (χ0) is 28.8. The van der Waals surface area contributed by atoms with Crippen molar-refractivity contribution in [3.63, 3.8) is 0 Å². The highest BCUT2D eigenvalue weighted by atomic mass is 28.4. The molecule has 0 fully saturated rings. The Hall–Kier alpha value is -3.50. The third kappa shape index (κ3) is 4.76. The Morgan fingerprint density at radius 2 is 1.85 bits per heavy atom. The van der Waals surface area contributed by atoms with Crippen molar-refractivity contribution >= 4 is 37.3 Å². The molecule has 1 atom stereocenters. The largest absolute Gasteiger partial charge is 0.449 e. The van der Waals surface area contributed by atoms with Crippen molar-refractivity contribution in [2.75, 3.05) is 25.1 Å². The lowest BCUT2D eigenvalue weighted by Gasteiger charge is -2.39. The SMILES string of the molecule is CCOC(=O)N1C=C(c2ccccc2[N+](=O)[O-])C2(CC1)C(=O)N(C)c1cccc(CO[Si](C)(C)C(C)(C)C)c12. The average Bonchev–Trinajstić information content (AvgIpc) is 3.10. The number of fused-ring (bicyclic) bond motifs is 2. The summed E-state index contributed by atoms with van der Waals surface area (Å²) in [6, 6.07) is 12.1. The molecule has 39 heavy (non-hydrogen) atoms. The number of nitro benzene ring substituents is 1. The number of ether oxygens (including phenoxy) is 1. The maximum Gasteiger partial charge on any atom is 0.413 e. The Bertz CT molecular complexity index is 1350. The van der Waals surface area contributed by atoms with E-state index in [0.717, 1.165) is 16.8 Å². The predicted molar refractivity (Wildman–Crippen MR) is 153 cm³/mol. The quantitative estimate of drug-likeness (QED) is 0.239. The minimum Gasteiger partial charge on any atom is -0.449 e. The number of amides is 2. The number of nitrogens with zero attached hydrogens (tertiary/aromatic N) is 3. The van der Waals surface area contributed by atoms with E-state index >= 15 is 0 Å². The number of hydrogen-bond acceptors (Lipinski definition) is 6. The molecule has 1 unspecified atom stereocenters. The van der Waals surface area contributed by atoms with Crippen LogP contribution in [0.2, 0.25) is 18.1 Å². The van der Waals surface area contributed by atoms with Crippen LogP contribution in [0.25, 0.3) is 5.57 Å². The Labute approximate surface area is 230 Å². The third-order valence-electron chi connectivity index (χ3n) is 8.35. The molecular weight excluding hydrogens is 514 g/mol. The van der Waals surface area contributed by atoms with Gasteiger partial charge in [-0.25, -0.2) is 4.79 Å². The molecule has 2 heterocycles. The van der Waals surface area contributed by atoms with Gasteiger partial charge in [-0.3, -0.25) is 19.8 Å². The summed E-state index contributed by atoms with van der Waals surface area (Å²) in [5.74, 6) is -0.190. The van der Waals surface area contributed by atoms with Crippen LogP contribution in [0, 0.1) is 10.1 Å². The third-order valence-corrected chi connectivity index (χ3v) is 12.8. The Balaban J connectivity index is 1.96. The molecule has 1 spiro atoms. The minimum absolute atomic E-state index is 0.00402. The van der Waals surface area contributed by atoms with Gasteiger partial charge in [-0.1, -0.05) is 45.0 Å². The van der Waals surface area contributed by atoms with E-state index in [2.05, 4.69) is 33.9 Å². The molecule has 10 heteroatoms. The highest BCUT2D eigenvalue weighted by Crippen LogP contribution is 2.55. The van der Waals surface area contributed by atoms with Crippen molar-refractivity contribution in [2.24, 2.45) is 0 Å². The first kappa shape index (κ1) is 28.5. The van der Waals surface area contributed by atoms with Gasteiger partial charge in [0, 0.05) is 42.7 Å². The molecule has 2 aromatic rings. The normalized spacial score (nSPS) is 19.3. The number of benzene rings is 2. The van der Waals surface area contributed by atoms with Crippen LogP contribution in [0.1, 0.15) is 50.8 Å². The van der Waals surface area contributed by atoms with E-state index in [0.29, 0.717) is 17.7 Å². The van der Waals surface area contributed by atoms with Gasteiger partial charge in [0.05, 0.1) is 23.7 Å². The smallest absolute Gasteiger partial charge is 0.413 e. The van der Waals surface area contributed by atoms with E-state index in [1.165, 1.54) is 11.0 Å². The minimum atomic E-state index is -2.13. The summed E-state index contributed by atoms with van der Waals surface area (Å²) >= 11 is 0. The van der Waals surface area contributed by atoms with Gasteiger partial charge in [0.1, 0.15) is 5.41 Å². The summed E-state index contributed by atoms with van der Waals surface area (Å²) in [4.78, 5) is 41.7. The van der Waals surface area contributed by atoms with Crippen LogP contribution < -0.4 is 4.90 Å². The molecule has 208 valence electrons. The zero-order valence-corrected chi connectivity index (χ0v) is 24.7. The molecule has 2 aromatic carbocycles. The first-order chi connectivity index (χ1) is 18.3. The molecule has 0 aliphatic carbocycles. The van der Waals surface area contributed by atoms with Crippen LogP contribution in [0.15, 0.2) is 48.7 Å². The summed E-state index contributed by atoms with van der Waals surface area (Å²) in [5.41, 5.74) is 1.73. The first-order valence-corrected chi connectivity index (χ1v) is 16.1. The second kappa shape index (κ2) is 10.2. The number of nitro groups is 1. The van der Waals surface area contributed by atoms with Crippen molar-refractivity contribution in [2.45, 2.75) is 64.3 Å². The number of carbonyl (C=O) groups is 2. The highest BCUT2D eigenvalue weighted by Gasteiger charge is 2.56. The van der Waals surface area contributed by atoms with Crippen LogP contribution >= 0.6 is 0 Å². The molecule has 0 saturated heterocycles. The molecular formula is C29H37N3O6Si. The fourth-order valence-corrected chi connectivity index (χ4v) is 6.15. The lowest BCUT2D eigenvalue weighted by atomic mass is 9.67. The maximum absolute atomic E-state index is 14.3. The fourth-order valence-electron chi connectivity index (χ4n) is 5.20. The maximum atomic E-state index is 14.3. The van der Waals surface area contributed by atoms with Gasteiger partial charge in [0.25, 0.3) is 5.69 Å². The van der Waals surface area contributed by atoms with E-state index in [-0.39, 0.29) is 36.2 Å². The van der Waals surface area contributed by atoms with E-state index in [4.69, 9.17) is 9.16 Å². The molecule has 0 saturated carbocycles. The van der Waals surface area contributed by atoms with Crippen molar-refractivity contribution in [1.29, 1.82) is 0 Å². The van der Waals surface area contributed by atoms with E-state index in [9.17, 15) is 19.7 Å². The van der Waals surface area contributed by atoms with Gasteiger partial charge in [0.2, 0.25) is 5.91 Å². The van der Waals surface area contributed by atoms with Crippen molar-refractivity contribution in [3.8, 4) is 0 Å². The molecule has 0 radical (unpaired) electrons. The summed E-state index contributed by atoms with van der Waals surface area (Å²) in [6.07, 6.45) is 1.25. The number of anilines is 1. The Kier molecular flexibility index (Phi) is 7.48. The van der Waals surface area contributed by atoms with Gasteiger partial charge in [-0.05, 0) is 49.2 Å². The lowest BCUT2D eigenvalue weighted by Crippen LogP contribution is -2.47. The van der Waals surface area contributed by atoms with E-state index in [1.807, 2.05) is 18.2 Å². The molecule has 2 aliphatic rings. The van der Waals surface area contributed by atoms with Crippen molar-refractivity contribution < 1.29 is 23.7 Å². The van der Waals surface area contributed by atoms with Crippen molar-refractivity contribution in [1.82, 2.24) is 4.90 Å². The predicted octanol–water partition coefficient (Wildman–Crippen LogP) is 6.23. The monoisotopic (exact) mass is 551 g/mol. The second-order valence-electron chi connectivity index (χ2n) is 11.6. The van der Waals surface area contributed by atoms with Gasteiger partial charge in [-0.2, -0.15) is 0 Å². The number of carbonyl (C=O) groups excluding carboxylic acids is 2. The van der Waals surface area contributed by atoms with Gasteiger partial charge in [-0.15, -0.1) is 0 Å². The molecule has 0 N–H and O–H groups in total. The Morgan fingerprint density at radius 3 is 2.49 bits per heavy atom. The van der Waals surface area contributed by atoms with Crippen LogP contribution in [0.5, 0.6) is 0 Å². The van der Waals surface area contributed by atoms with Crippen molar-refractivity contribution in [3.05, 3.63) is 75.5 Å². The Morgan fingerprint density at radius 1 is 1.15 bits per heavy atom. The van der Waals surface area contributed by atoms with Gasteiger partial charge >= 0.3 is 6.09 Å². The van der Waals surface area contributed by atoms with Crippen LogP contribution in [-0.4, -0.2) is 50.3 Å². The fraction of sp³-hybridized carbons (Fsp3) is 0.448. The zero-order valence-electron chi connectivity index (χ0n) is 23.7. The molecule has 4 rings (SSSR count). The van der Waals surface area contributed by atoms with Crippen LogP contribution in [0.4, 0.5) is 16.2 Å². The number of likely N-dealkylation sites (N-methyl/N-ethyl adjacent to an activating group) is 1. The molecule has 2 amide bonds. The second-order valence-corrected chi connectivity index (χ2v) is 16.4. The summed E-state index contributed by atoms with van der Waals surface area (Å²) < 4.78 is 11.8. The molecule has 0 bridgehead atoms. The van der Waals surface area contributed by atoms with Crippen LogP contribution in [-0.2, 0) is 26.0 Å². The first-order valence-electron chi connectivity index (χ1n) is 13.2. The van der Waals surface area contributed by atoms with Gasteiger partial charge in [0.15, 0.2) is 8.32 Å². The summed E-state index contributed by atoms with van der Waals surface area (Å²) in [6.45, 7) is 13.3. The average molecular weight is 552 g/mol. The molecule has 0 aromatic heterocycles. The van der Waals surface area contributed by atoms with Gasteiger partial charge < -0.3 is 14.1 Å². The number of hydrogen-bond donors (Lipinski definition) is 0. The summed E-state index contributed by atoms with van der Waals surface area (Å²) in [5, 5.41) is 12.1. The number of rotatable bonds is 6. The summed E-state index contributed by atoms with van der Waals surface area (Å²) in [7, 11) is -0.402. The molecule has 9 nitrogen and oxygen atoms in total.